The summed E-state index contributed by atoms with van der Waals surface area (Å²) in [7, 11) is 4.13. The van der Waals surface area contributed by atoms with Crippen molar-refractivity contribution >= 4 is 11.6 Å². The summed E-state index contributed by atoms with van der Waals surface area (Å²) in [5, 5.41) is 2.85. The molecule has 1 amide bonds. The highest BCUT2D eigenvalue weighted by molar-refractivity contribution is 5.92. The van der Waals surface area contributed by atoms with Gasteiger partial charge in [-0.05, 0) is 57.6 Å². The molecule has 23 heavy (non-hydrogen) atoms. The minimum atomic E-state index is -0.285. The Morgan fingerprint density at radius 1 is 1.26 bits per heavy atom. The van der Waals surface area contributed by atoms with E-state index >= 15 is 0 Å². The van der Waals surface area contributed by atoms with Crippen molar-refractivity contribution in [2.75, 3.05) is 39.0 Å². The van der Waals surface area contributed by atoms with Crippen LogP contribution in [0.25, 0.3) is 0 Å². The van der Waals surface area contributed by atoms with Crippen LogP contribution in [-0.4, -0.2) is 55.5 Å². The normalized spacial score (nSPS) is 15.6. The summed E-state index contributed by atoms with van der Waals surface area (Å²) in [5.41, 5.74) is 1.41. The number of aryl methyl sites for hydroxylation is 1. The standard InChI is InChI=1S/C18H28FN3O/c1-14-12-15(19)8-9-17(14)20-18(23)13-21(2)10-11-22(3)16-6-4-5-7-16/h8-9,12,16H,4-7,10-11,13H2,1-3H3,(H,20,23). The molecule has 5 heteroatoms. The Kier molecular flexibility index (Phi) is 6.54. The number of anilines is 1. The van der Waals surface area contributed by atoms with Crippen molar-refractivity contribution in [3.05, 3.63) is 29.6 Å². The molecule has 1 N–H and O–H groups in total. The first-order valence-electron chi connectivity index (χ1n) is 8.40. The van der Waals surface area contributed by atoms with Gasteiger partial charge in [-0.15, -0.1) is 0 Å². The Morgan fingerprint density at radius 2 is 1.96 bits per heavy atom. The van der Waals surface area contributed by atoms with Gasteiger partial charge in [-0.2, -0.15) is 0 Å². The molecule has 1 fully saturated rings. The van der Waals surface area contributed by atoms with E-state index in [4.69, 9.17) is 0 Å². The van der Waals surface area contributed by atoms with Crippen LogP contribution in [0, 0.1) is 12.7 Å². The molecule has 0 spiro atoms. The third-order valence-electron chi connectivity index (χ3n) is 4.66. The van der Waals surface area contributed by atoms with Crippen molar-refractivity contribution in [1.29, 1.82) is 0 Å². The van der Waals surface area contributed by atoms with E-state index in [1.165, 1.54) is 37.8 Å². The lowest BCUT2D eigenvalue weighted by Gasteiger charge is -2.26. The van der Waals surface area contributed by atoms with Crippen LogP contribution in [0.5, 0.6) is 0 Å². The number of amides is 1. The number of halogens is 1. The van der Waals surface area contributed by atoms with Crippen LogP contribution in [0.3, 0.4) is 0 Å². The Hall–Kier alpha value is -1.46. The molecule has 0 unspecified atom stereocenters. The topological polar surface area (TPSA) is 35.6 Å². The zero-order valence-electron chi connectivity index (χ0n) is 14.4. The van der Waals surface area contributed by atoms with Gasteiger partial charge in [-0.3, -0.25) is 9.69 Å². The molecule has 1 aromatic rings. The lowest BCUT2D eigenvalue weighted by atomic mass is 10.2. The second-order valence-electron chi connectivity index (χ2n) is 6.66. The van der Waals surface area contributed by atoms with Gasteiger partial charge in [-0.25, -0.2) is 4.39 Å². The van der Waals surface area contributed by atoms with E-state index in [1.54, 1.807) is 13.0 Å². The average molecular weight is 321 g/mol. The number of carbonyl (C=O) groups is 1. The van der Waals surface area contributed by atoms with Gasteiger partial charge in [0.15, 0.2) is 0 Å². The molecule has 0 atom stereocenters. The Bertz CT molecular complexity index is 529. The van der Waals surface area contributed by atoms with Gasteiger partial charge in [0.05, 0.1) is 6.54 Å². The molecule has 0 bridgehead atoms. The van der Waals surface area contributed by atoms with Crippen LogP contribution in [0.15, 0.2) is 18.2 Å². The predicted octanol–water partition coefficient (Wildman–Crippen LogP) is 2.88. The minimum Gasteiger partial charge on any atom is -0.325 e. The molecule has 0 radical (unpaired) electrons. The first-order chi connectivity index (χ1) is 11.0. The highest BCUT2D eigenvalue weighted by atomic mass is 19.1. The number of carbonyl (C=O) groups excluding carboxylic acids is 1. The summed E-state index contributed by atoms with van der Waals surface area (Å²) >= 11 is 0. The molecule has 128 valence electrons. The second kappa shape index (κ2) is 8.41. The molecule has 0 aromatic heterocycles. The van der Waals surface area contributed by atoms with E-state index in [0.29, 0.717) is 18.3 Å². The Morgan fingerprint density at radius 3 is 2.61 bits per heavy atom. The van der Waals surface area contributed by atoms with Crippen molar-refractivity contribution in [3.63, 3.8) is 0 Å². The smallest absolute Gasteiger partial charge is 0.238 e. The fraction of sp³-hybridized carbons (Fsp3) is 0.611. The third kappa shape index (κ3) is 5.59. The van der Waals surface area contributed by atoms with E-state index in [2.05, 4.69) is 17.3 Å². The van der Waals surface area contributed by atoms with Crippen LogP contribution < -0.4 is 5.32 Å². The van der Waals surface area contributed by atoms with Crippen molar-refractivity contribution in [2.45, 2.75) is 38.6 Å². The van der Waals surface area contributed by atoms with Gasteiger partial charge >= 0.3 is 0 Å². The maximum absolute atomic E-state index is 13.1. The predicted molar refractivity (Wildman–Crippen MR) is 92.1 cm³/mol. The van der Waals surface area contributed by atoms with E-state index in [0.717, 1.165) is 18.7 Å². The SMILES string of the molecule is Cc1cc(F)ccc1NC(=O)CN(C)CCN(C)C1CCCC1. The summed E-state index contributed by atoms with van der Waals surface area (Å²) in [5.74, 6) is -0.349. The van der Waals surface area contributed by atoms with Crippen LogP contribution in [0.2, 0.25) is 0 Å². The average Bonchev–Trinajstić information content (AvgIpc) is 3.02. The Balaban J connectivity index is 1.73. The number of hydrogen-bond acceptors (Lipinski definition) is 3. The third-order valence-corrected chi connectivity index (χ3v) is 4.66. The molecule has 0 aliphatic heterocycles. The monoisotopic (exact) mass is 321 g/mol. The van der Waals surface area contributed by atoms with Gasteiger partial charge in [0, 0.05) is 24.8 Å². The number of rotatable bonds is 7. The first-order valence-corrected chi connectivity index (χ1v) is 8.40. The summed E-state index contributed by atoms with van der Waals surface area (Å²) < 4.78 is 13.1. The number of likely N-dealkylation sites (N-methyl/N-ethyl adjacent to an activating group) is 2. The van der Waals surface area contributed by atoms with Crippen LogP contribution in [0.4, 0.5) is 10.1 Å². The fourth-order valence-corrected chi connectivity index (χ4v) is 3.14. The van der Waals surface area contributed by atoms with Crippen molar-refractivity contribution in [2.24, 2.45) is 0 Å². The van der Waals surface area contributed by atoms with Crippen LogP contribution >= 0.6 is 0 Å². The van der Waals surface area contributed by atoms with Crippen LogP contribution in [0.1, 0.15) is 31.2 Å². The number of benzene rings is 1. The van der Waals surface area contributed by atoms with E-state index in [-0.39, 0.29) is 11.7 Å². The first kappa shape index (κ1) is 17.9. The minimum absolute atomic E-state index is 0.0641. The van der Waals surface area contributed by atoms with Gasteiger partial charge in [0.25, 0.3) is 0 Å². The number of hydrogen-bond donors (Lipinski definition) is 1. The van der Waals surface area contributed by atoms with Crippen molar-refractivity contribution < 1.29 is 9.18 Å². The molecule has 1 saturated carbocycles. The molecule has 4 nitrogen and oxygen atoms in total. The van der Waals surface area contributed by atoms with Crippen molar-refractivity contribution in [1.82, 2.24) is 9.80 Å². The van der Waals surface area contributed by atoms with E-state index < -0.39 is 0 Å². The van der Waals surface area contributed by atoms with Crippen molar-refractivity contribution in [3.8, 4) is 0 Å². The number of nitrogens with zero attached hydrogens (tertiary/aromatic N) is 2. The molecule has 0 saturated heterocycles. The van der Waals surface area contributed by atoms with Crippen LogP contribution in [-0.2, 0) is 4.79 Å². The van der Waals surface area contributed by atoms with Gasteiger partial charge < -0.3 is 10.2 Å². The lowest BCUT2D eigenvalue weighted by molar-refractivity contribution is -0.117. The van der Waals surface area contributed by atoms with E-state index in [9.17, 15) is 9.18 Å². The molecule has 1 aliphatic carbocycles. The Labute approximate surface area is 138 Å². The zero-order valence-corrected chi connectivity index (χ0v) is 14.4. The van der Waals surface area contributed by atoms with Gasteiger partial charge in [0.1, 0.15) is 5.82 Å². The number of nitrogens with one attached hydrogen (secondary N) is 1. The summed E-state index contributed by atoms with van der Waals surface area (Å²) in [6.45, 7) is 3.97. The molecule has 1 aromatic carbocycles. The summed E-state index contributed by atoms with van der Waals surface area (Å²) in [6.07, 6.45) is 5.27. The molecule has 2 rings (SSSR count). The van der Waals surface area contributed by atoms with E-state index in [1.807, 2.05) is 11.9 Å². The molecular weight excluding hydrogens is 293 g/mol. The summed E-state index contributed by atoms with van der Waals surface area (Å²) in [6, 6.07) is 5.11. The lowest BCUT2D eigenvalue weighted by Crippen LogP contribution is -2.38. The molecule has 1 aliphatic rings. The second-order valence-corrected chi connectivity index (χ2v) is 6.66. The highest BCUT2D eigenvalue weighted by Gasteiger charge is 2.19. The maximum Gasteiger partial charge on any atom is 0.238 e. The maximum atomic E-state index is 13.1. The largest absolute Gasteiger partial charge is 0.325 e. The molecular formula is C18H28FN3O. The van der Waals surface area contributed by atoms with Gasteiger partial charge in [0.2, 0.25) is 5.91 Å². The summed E-state index contributed by atoms with van der Waals surface area (Å²) in [4.78, 5) is 16.5. The fourth-order valence-electron chi connectivity index (χ4n) is 3.14. The molecule has 0 heterocycles. The zero-order chi connectivity index (χ0) is 16.8. The van der Waals surface area contributed by atoms with Gasteiger partial charge in [-0.1, -0.05) is 12.8 Å². The highest BCUT2D eigenvalue weighted by Crippen LogP contribution is 2.22. The quantitative estimate of drug-likeness (QED) is 0.839.